The van der Waals surface area contributed by atoms with E-state index in [-0.39, 0.29) is 23.9 Å². The van der Waals surface area contributed by atoms with Crippen LogP contribution in [0.4, 0.5) is 5.69 Å². The van der Waals surface area contributed by atoms with Gasteiger partial charge in [0.2, 0.25) is 5.91 Å². The maximum Gasteiger partial charge on any atom is 0.265 e. The van der Waals surface area contributed by atoms with E-state index in [2.05, 4.69) is 10.4 Å². The Labute approximate surface area is 181 Å². The molecule has 1 amide bonds. The van der Waals surface area contributed by atoms with Gasteiger partial charge in [0.1, 0.15) is 11.1 Å². The fourth-order valence-electron chi connectivity index (χ4n) is 3.70. The van der Waals surface area contributed by atoms with E-state index in [1.165, 1.54) is 11.8 Å². The summed E-state index contributed by atoms with van der Waals surface area (Å²) in [5.74, 6) is 1.01. The Balaban J connectivity index is 1.44. The second kappa shape index (κ2) is 7.92. The van der Waals surface area contributed by atoms with Gasteiger partial charge in [-0.3, -0.25) is 14.2 Å². The van der Waals surface area contributed by atoms with Gasteiger partial charge in [0.25, 0.3) is 5.56 Å². The lowest BCUT2D eigenvalue weighted by Crippen LogP contribution is -2.27. The molecule has 2 aromatic carbocycles. The first-order valence-corrected chi connectivity index (χ1v) is 10.8. The fraction of sp³-hybridized carbons (Fsp3) is 0.182. The van der Waals surface area contributed by atoms with Gasteiger partial charge in [-0.2, -0.15) is 5.10 Å². The molecule has 1 atom stereocenters. The molecule has 156 valence electrons. The molecule has 1 unspecified atom stereocenters. The summed E-state index contributed by atoms with van der Waals surface area (Å²) in [6, 6.07) is 16.5. The van der Waals surface area contributed by atoms with E-state index < -0.39 is 0 Å². The van der Waals surface area contributed by atoms with Crippen LogP contribution in [0.5, 0.6) is 5.75 Å². The van der Waals surface area contributed by atoms with E-state index in [0.717, 1.165) is 5.69 Å². The summed E-state index contributed by atoms with van der Waals surface area (Å²) < 4.78 is 8.57. The number of carbonyl (C=O) groups is 1. The number of amides is 1. The van der Waals surface area contributed by atoms with Crippen LogP contribution in [0.1, 0.15) is 12.5 Å². The SMILES string of the molecule is COc1ccccc1NC(=O)CC1CSc2nc3c(cnn3-c3ccccc3)c(=O)n21. The van der Waals surface area contributed by atoms with Gasteiger partial charge < -0.3 is 10.1 Å². The topological polar surface area (TPSA) is 91.0 Å². The Hall–Kier alpha value is -3.59. The van der Waals surface area contributed by atoms with Crippen LogP contribution < -0.4 is 15.6 Å². The van der Waals surface area contributed by atoms with Crippen LogP contribution in [-0.2, 0) is 4.79 Å². The van der Waals surface area contributed by atoms with Crippen LogP contribution in [0.25, 0.3) is 16.7 Å². The number of hydrogen-bond acceptors (Lipinski definition) is 6. The van der Waals surface area contributed by atoms with Gasteiger partial charge in [0, 0.05) is 12.2 Å². The summed E-state index contributed by atoms with van der Waals surface area (Å²) in [7, 11) is 1.56. The Kier molecular flexibility index (Phi) is 4.95. The van der Waals surface area contributed by atoms with Gasteiger partial charge in [0.15, 0.2) is 10.8 Å². The second-order valence-electron chi connectivity index (χ2n) is 7.12. The lowest BCUT2D eigenvalue weighted by molar-refractivity contribution is -0.116. The molecule has 1 aliphatic heterocycles. The molecule has 0 aliphatic carbocycles. The zero-order valence-electron chi connectivity index (χ0n) is 16.7. The minimum Gasteiger partial charge on any atom is -0.495 e. The average molecular weight is 433 g/mol. The molecule has 1 aliphatic rings. The molecule has 31 heavy (non-hydrogen) atoms. The summed E-state index contributed by atoms with van der Waals surface area (Å²) in [6.07, 6.45) is 1.71. The highest BCUT2D eigenvalue weighted by Crippen LogP contribution is 2.34. The summed E-state index contributed by atoms with van der Waals surface area (Å²) >= 11 is 1.47. The molecule has 4 aromatic rings. The molecule has 3 heterocycles. The van der Waals surface area contributed by atoms with Gasteiger partial charge in [-0.1, -0.05) is 42.1 Å². The Morgan fingerprint density at radius 3 is 2.77 bits per heavy atom. The zero-order chi connectivity index (χ0) is 21.4. The van der Waals surface area contributed by atoms with Gasteiger partial charge in [-0.05, 0) is 24.3 Å². The third kappa shape index (κ3) is 3.46. The molecule has 5 rings (SSSR count). The predicted molar refractivity (Wildman–Crippen MR) is 119 cm³/mol. The van der Waals surface area contributed by atoms with Crippen molar-refractivity contribution in [1.82, 2.24) is 19.3 Å². The highest BCUT2D eigenvalue weighted by molar-refractivity contribution is 7.99. The van der Waals surface area contributed by atoms with Gasteiger partial charge in [-0.25, -0.2) is 9.67 Å². The first-order valence-electron chi connectivity index (χ1n) is 9.77. The number of aromatic nitrogens is 4. The van der Waals surface area contributed by atoms with Gasteiger partial charge >= 0.3 is 0 Å². The zero-order valence-corrected chi connectivity index (χ0v) is 17.5. The lowest BCUT2D eigenvalue weighted by Gasteiger charge is -2.14. The summed E-state index contributed by atoms with van der Waals surface area (Å²) in [4.78, 5) is 30.6. The van der Waals surface area contributed by atoms with Crippen molar-refractivity contribution >= 4 is 34.4 Å². The van der Waals surface area contributed by atoms with E-state index in [9.17, 15) is 9.59 Å². The van der Waals surface area contributed by atoms with Crippen molar-refractivity contribution in [3.63, 3.8) is 0 Å². The number of methoxy groups -OCH3 is 1. The fourth-order valence-corrected chi connectivity index (χ4v) is 4.83. The number of nitrogens with zero attached hydrogens (tertiary/aromatic N) is 4. The predicted octanol–water partition coefficient (Wildman–Crippen LogP) is 3.27. The van der Waals surface area contributed by atoms with Crippen molar-refractivity contribution in [2.75, 3.05) is 18.2 Å². The molecular weight excluding hydrogens is 414 g/mol. The minimum absolute atomic E-state index is 0.165. The number of benzene rings is 2. The van der Waals surface area contributed by atoms with Crippen LogP contribution >= 0.6 is 11.8 Å². The van der Waals surface area contributed by atoms with Crippen molar-refractivity contribution in [2.24, 2.45) is 0 Å². The molecular formula is C22H19N5O3S. The maximum absolute atomic E-state index is 13.2. The molecule has 2 aromatic heterocycles. The first kappa shape index (κ1) is 19.4. The van der Waals surface area contributed by atoms with Crippen LogP contribution in [0.3, 0.4) is 0 Å². The summed E-state index contributed by atoms with van der Waals surface area (Å²) in [5, 5.41) is 8.28. The average Bonchev–Trinajstić information content (AvgIpc) is 3.40. The largest absolute Gasteiger partial charge is 0.495 e. The van der Waals surface area contributed by atoms with Crippen molar-refractivity contribution < 1.29 is 9.53 Å². The number of rotatable bonds is 5. The third-order valence-corrected chi connectivity index (χ3v) is 6.27. The molecule has 8 nitrogen and oxygen atoms in total. The van der Waals surface area contributed by atoms with E-state index in [0.29, 0.717) is 33.4 Å². The van der Waals surface area contributed by atoms with E-state index in [4.69, 9.17) is 9.72 Å². The number of carbonyl (C=O) groups excluding carboxylic acids is 1. The number of fused-ring (bicyclic) bond motifs is 2. The Morgan fingerprint density at radius 1 is 1.19 bits per heavy atom. The number of nitrogens with one attached hydrogen (secondary N) is 1. The van der Waals surface area contributed by atoms with Crippen LogP contribution in [0.2, 0.25) is 0 Å². The smallest absolute Gasteiger partial charge is 0.265 e. The second-order valence-corrected chi connectivity index (χ2v) is 8.10. The molecule has 0 saturated heterocycles. The Morgan fingerprint density at radius 2 is 1.97 bits per heavy atom. The first-order chi connectivity index (χ1) is 15.2. The molecule has 0 bridgehead atoms. The summed E-state index contributed by atoms with van der Waals surface area (Å²) in [6.45, 7) is 0. The van der Waals surface area contributed by atoms with Gasteiger partial charge in [0.05, 0.1) is 30.7 Å². The van der Waals surface area contributed by atoms with Gasteiger partial charge in [-0.15, -0.1) is 0 Å². The minimum atomic E-state index is -0.279. The molecule has 9 heteroatoms. The Bertz CT molecular complexity index is 1330. The monoisotopic (exact) mass is 433 g/mol. The van der Waals surface area contributed by atoms with Crippen molar-refractivity contribution in [2.45, 2.75) is 17.6 Å². The number of para-hydroxylation sites is 3. The number of anilines is 1. The highest BCUT2D eigenvalue weighted by atomic mass is 32.2. The quantitative estimate of drug-likeness (QED) is 0.486. The summed E-state index contributed by atoms with van der Waals surface area (Å²) in [5.41, 5.74) is 1.78. The number of ether oxygens (including phenoxy) is 1. The van der Waals surface area contributed by atoms with E-state index >= 15 is 0 Å². The highest BCUT2D eigenvalue weighted by Gasteiger charge is 2.29. The maximum atomic E-state index is 13.2. The van der Waals surface area contributed by atoms with Crippen molar-refractivity contribution in [3.05, 3.63) is 71.1 Å². The molecule has 0 spiro atoms. The molecule has 0 fully saturated rings. The standard InChI is InChI=1S/C22H19N5O3S/c1-30-18-10-6-5-9-17(18)24-19(28)11-15-13-31-22-25-20-16(21(29)26(15)22)12-23-27(20)14-7-3-2-4-8-14/h2-10,12,15H,11,13H2,1H3,(H,24,28). The normalized spacial score (nSPS) is 15.1. The third-order valence-electron chi connectivity index (χ3n) is 5.17. The van der Waals surface area contributed by atoms with E-state index in [1.54, 1.807) is 34.7 Å². The van der Waals surface area contributed by atoms with E-state index in [1.807, 2.05) is 42.5 Å². The van der Waals surface area contributed by atoms with Crippen LogP contribution in [-0.4, -0.2) is 38.1 Å². The number of thioether (sulfide) groups is 1. The number of hydrogen-bond donors (Lipinski definition) is 1. The van der Waals surface area contributed by atoms with Crippen LogP contribution in [0, 0.1) is 0 Å². The lowest BCUT2D eigenvalue weighted by atomic mass is 10.2. The van der Waals surface area contributed by atoms with Crippen molar-refractivity contribution in [1.29, 1.82) is 0 Å². The molecule has 0 saturated carbocycles. The van der Waals surface area contributed by atoms with Crippen molar-refractivity contribution in [3.8, 4) is 11.4 Å². The molecule has 1 N–H and O–H groups in total. The van der Waals surface area contributed by atoms with Crippen LogP contribution in [0.15, 0.2) is 70.7 Å². The molecule has 0 radical (unpaired) electrons.